The van der Waals surface area contributed by atoms with E-state index in [1.54, 1.807) is 19.1 Å². The van der Waals surface area contributed by atoms with Gasteiger partial charge >= 0.3 is 0 Å². The Balaban J connectivity index is 3.31. The summed E-state index contributed by atoms with van der Waals surface area (Å²) < 4.78 is 0. The molecule has 0 heterocycles. The van der Waals surface area contributed by atoms with Crippen molar-refractivity contribution in [2.75, 3.05) is 0 Å². The topological polar surface area (TPSA) is 23.8 Å². The van der Waals surface area contributed by atoms with E-state index in [1.165, 1.54) is 0 Å². The number of halogens is 2. The quantitative estimate of drug-likeness (QED) is 0.578. The first-order valence-corrected chi connectivity index (χ1v) is 3.54. The number of rotatable bonds is 0. The third-order valence-corrected chi connectivity index (χ3v) is 1.77. The highest BCUT2D eigenvalue weighted by molar-refractivity contribution is 6.36. The lowest BCUT2D eigenvalue weighted by molar-refractivity contribution is 1.37. The number of nitrogens with one attached hydrogen (secondary N) is 1. The maximum atomic E-state index is 7.35. The lowest BCUT2D eigenvalue weighted by Gasteiger charge is -2.00. The third-order valence-electron chi connectivity index (χ3n) is 1.25. The van der Waals surface area contributed by atoms with Crippen LogP contribution in [0, 0.1) is 6.92 Å². The zero-order valence-electron chi connectivity index (χ0n) is 5.41. The summed E-state index contributed by atoms with van der Waals surface area (Å²) in [4.78, 5) is 0. The van der Waals surface area contributed by atoms with Gasteiger partial charge in [0.05, 0.1) is 10.7 Å². The molecule has 0 unspecified atom stereocenters. The van der Waals surface area contributed by atoms with Crippen molar-refractivity contribution in [2.24, 2.45) is 0 Å². The fourth-order valence-electron chi connectivity index (χ4n) is 0.702. The largest absolute Gasteiger partial charge is 0.299 e. The number of benzene rings is 1. The molecule has 0 atom stereocenters. The van der Waals surface area contributed by atoms with E-state index in [4.69, 9.17) is 28.9 Å². The summed E-state index contributed by atoms with van der Waals surface area (Å²) in [6, 6.07) is 3.29. The van der Waals surface area contributed by atoms with Crippen molar-refractivity contribution in [1.29, 1.82) is 0 Å². The standard InChI is InChI=1S/C7H6Cl2N/c1-4-2-5(8)3-6(9)7(4)10/h2-3,10H,1H3. The van der Waals surface area contributed by atoms with Gasteiger partial charge < -0.3 is 0 Å². The van der Waals surface area contributed by atoms with Crippen LogP contribution in [-0.2, 0) is 0 Å². The van der Waals surface area contributed by atoms with E-state index in [9.17, 15) is 0 Å². The van der Waals surface area contributed by atoms with Crippen molar-refractivity contribution in [3.63, 3.8) is 0 Å². The first-order valence-electron chi connectivity index (χ1n) is 2.78. The molecule has 10 heavy (non-hydrogen) atoms. The molecule has 1 nitrogen and oxygen atoms in total. The molecule has 0 aliphatic carbocycles. The van der Waals surface area contributed by atoms with Crippen molar-refractivity contribution in [3.8, 4) is 0 Å². The predicted octanol–water partition coefficient (Wildman–Crippen LogP) is 3.22. The highest BCUT2D eigenvalue weighted by atomic mass is 35.5. The minimum Gasteiger partial charge on any atom is -0.299 e. The second kappa shape index (κ2) is 2.69. The molecule has 1 rings (SSSR count). The molecule has 1 aromatic carbocycles. The molecule has 0 amide bonds. The van der Waals surface area contributed by atoms with Crippen molar-refractivity contribution < 1.29 is 0 Å². The lowest BCUT2D eigenvalue weighted by Crippen LogP contribution is -1.78. The molecule has 0 spiro atoms. The van der Waals surface area contributed by atoms with Gasteiger partial charge in [-0.05, 0) is 24.6 Å². The van der Waals surface area contributed by atoms with E-state index in [0.717, 1.165) is 5.56 Å². The molecule has 0 aliphatic heterocycles. The van der Waals surface area contributed by atoms with Gasteiger partial charge in [-0.15, -0.1) is 0 Å². The minimum absolute atomic E-state index is 0.353. The fraction of sp³-hybridized carbons (Fsp3) is 0.143. The zero-order chi connectivity index (χ0) is 7.72. The lowest BCUT2D eigenvalue weighted by atomic mass is 10.2. The summed E-state index contributed by atoms with van der Waals surface area (Å²) in [5, 5.41) is 0.989. The molecule has 1 aromatic rings. The summed E-state index contributed by atoms with van der Waals surface area (Å²) >= 11 is 11.3. The summed E-state index contributed by atoms with van der Waals surface area (Å²) in [6.07, 6.45) is 0. The molecule has 0 bridgehead atoms. The average molecular weight is 175 g/mol. The molecule has 0 fully saturated rings. The van der Waals surface area contributed by atoms with Crippen molar-refractivity contribution in [3.05, 3.63) is 27.7 Å². The second-order valence-electron chi connectivity index (χ2n) is 2.08. The van der Waals surface area contributed by atoms with E-state index in [0.29, 0.717) is 15.7 Å². The molecule has 1 radical (unpaired) electrons. The number of hydrogen-bond donors (Lipinski definition) is 0. The van der Waals surface area contributed by atoms with Crippen molar-refractivity contribution >= 4 is 28.9 Å². The molecule has 0 aliphatic rings. The van der Waals surface area contributed by atoms with Gasteiger partial charge in [-0.3, -0.25) is 5.73 Å². The first kappa shape index (κ1) is 7.70. The Labute approximate surface area is 69.7 Å². The molecule has 1 N–H and O–H groups in total. The van der Waals surface area contributed by atoms with Gasteiger partial charge in [0, 0.05) is 5.02 Å². The Morgan fingerprint density at radius 2 is 1.90 bits per heavy atom. The Morgan fingerprint density at radius 3 is 2.40 bits per heavy atom. The van der Waals surface area contributed by atoms with Gasteiger partial charge in [0.2, 0.25) is 0 Å². The maximum absolute atomic E-state index is 7.35. The molecule has 0 aromatic heterocycles. The number of aryl methyl sites for hydroxylation is 1. The first-order chi connectivity index (χ1) is 4.61. The highest BCUT2D eigenvalue weighted by Gasteiger charge is 2.00. The smallest absolute Gasteiger partial charge is 0.0756 e. The van der Waals surface area contributed by atoms with Crippen LogP contribution in [0.3, 0.4) is 0 Å². The van der Waals surface area contributed by atoms with Gasteiger partial charge in [0.25, 0.3) is 0 Å². The van der Waals surface area contributed by atoms with Gasteiger partial charge in [0.1, 0.15) is 0 Å². The van der Waals surface area contributed by atoms with Crippen LogP contribution >= 0.6 is 23.2 Å². The van der Waals surface area contributed by atoms with Crippen LogP contribution in [0.15, 0.2) is 12.1 Å². The van der Waals surface area contributed by atoms with Crippen molar-refractivity contribution in [1.82, 2.24) is 5.73 Å². The van der Waals surface area contributed by atoms with E-state index in [2.05, 4.69) is 0 Å². The van der Waals surface area contributed by atoms with E-state index >= 15 is 0 Å². The van der Waals surface area contributed by atoms with Crippen LogP contribution in [-0.4, -0.2) is 0 Å². The fourth-order valence-corrected chi connectivity index (χ4v) is 1.30. The third kappa shape index (κ3) is 1.36. The second-order valence-corrected chi connectivity index (χ2v) is 2.92. The Morgan fingerprint density at radius 1 is 1.30 bits per heavy atom. The maximum Gasteiger partial charge on any atom is 0.0756 e. The summed E-state index contributed by atoms with van der Waals surface area (Å²) in [6.45, 7) is 1.81. The van der Waals surface area contributed by atoms with Crippen LogP contribution in [0.5, 0.6) is 0 Å². The SMILES string of the molecule is Cc1cc(Cl)cc(Cl)c1[NH]. The van der Waals surface area contributed by atoms with Crippen molar-refractivity contribution in [2.45, 2.75) is 6.92 Å². The van der Waals surface area contributed by atoms with Crippen LogP contribution in [0.4, 0.5) is 5.69 Å². The van der Waals surface area contributed by atoms with E-state index < -0.39 is 0 Å². The van der Waals surface area contributed by atoms with Gasteiger partial charge in [-0.1, -0.05) is 23.2 Å². The molecule has 53 valence electrons. The molecule has 0 saturated carbocycles. The van der Waals surface area contributed by atoms with Gasteiger partial charge in [-0.25, -0.2) is 0 Å². The van der Waals surface area contributed by atoms with Gasteiger partial charge in [-0.2, -0.15) is 0 Å². The summed E-state index contributed by atoms with van der Waals surface area (Å²) in [5.41, 5.74) is 8.51. The predicted molar refractivity (Wildman–Crippen MR) is 44.0 cm³/mol. The normalized spacial score (nSPS) is 9.90. The zero-order valence-corrected chi connectivity index (χ0v) is 6.92. The van der Waals surface area contributed by atoms with Crippen LogP contribution in [0.25, 0.3) is 0 Å². The number of hydrogen-bond acceptors (Lipinski definition) is 0. The average Bonchev–Trinajstić information content (AvgIpc) is 1.82. The summed E-state index contributed by atoms with van der Waals surface area (Å²) in [7, 11) is 0. The molecular formula is C7H6Cl2N. The monoisotopic (exact) mass is 174 g/mol. The molecule has 0 saturated heterocycles. The van der Waals surface area contributed by atoms with Crippen LogP contribution < -0.4 is 5.73 Å². The molecular weight excluding hydrogens is 169 g/mol. The Hall–Kier alpha value is -0.400. The minimum atomic E-state index is 0.353. The van der Waals surface area contributed by atoms with Crippen LogP contribution in [0.2, 0.25) is 10.0 Å². The Bertz CT molecular complexity index is 235. The molecule has 3 heteroatoms. The Kier molecular flexibility index (Phi) is 2.07. The van der Waals surface area contributed by atoms with Gasteiger partial charge in [0.15, 0.2) is 0 Å². The van der Waals surface area contributed by atoms with E-state index in [1.807, 2.05) is 0 Å². The van der Waals surface area contributed by atoms with Crippen LogP contribution in [0.1, 0.15) is 5.56 Å². The highest BCUT2D eigenvalue weighted by Crippen LogP contribution is 2.27. The summed E-state index contributed by atoms with van der Waals surface area (Å²) in [5.74, 6) is 0. The van der Waals surface area contributed by atoms with E-state index in [-0.39, 0.29) is 0 Å².